The van der Waals surface area contributed by atoms with Gasteiger partial charge >= 0.3 is 0 Å². The largest absolute Gasteiger partial charge is 0.875 e. The summed E-state index contributed by atoms with van der Waals surface area (Å²) in [5.74, 6) is 0.0228. The van der Waals surface area contributed by atoms with Crippen LogP contribution in [0.5, 0.6) is 0 Å². The van der Waals surface area contributed by atoms with E-state index in [1.807, 2.05) is 44.2 Å². The molecule has 0 saturated carbocycles. The Balaban J connectivity index is 1.79. The van der Waals surface area contributed by atoms with Gasteiger partial charge in [-0.15, -0.1) is 5.76 Å². The maximum Gasteiger partial charge on any atom is 0.161 e. The SMILES string of the molecule is CC1(C)CC(=O)C(C2CC(c3ccccc3)C3=C(CC(C)(C)CC3=O)N2)=C([O-])C1. The van der Waals surface area contributed by atoms with E-state index >= 15 is 0 Å². The smallest absolute Gasteiger partial charge is 0.161 e. The minimum Gasteiger partial charge on any atom is -0.875 e. The van der Waals surface area contributed by atoms with Gasteiger partial charge in [-0.25, -0.2) is 0 Å². The Kier molecular flexibility index (Phi) is 4.71. The number of hydrogen-bond donors (Lipinski definition) is 1. The number of nitrogens with one attached hydrogen (secondary N) is 1. The predicted molar refractivity (Wildman–Crippen MR) is 111 cm³/mol. The molecule has 4 nitrogen and oxygen atoms in total. The number of allylic oxidation sites excluding steroid dienone is 3. The number of carbonyl (C=O) groups is 2. The van der Waals surface area contributed by atoms with Crippen LogP contribution >= 0.6 is 0 Å². The van der Waals surface area contributed by atoms with Crippen LogP contribution < -0.4 is 10.4 Å². The molecule has 154 valence electrons. The molecule has 2 atom stereocenters. The van der Waals surface area contributed by atoms with Crippen molar-refractivity contribution in [2.75, 3.05) is 0 Å². The van der Waals surface area contributed by atoms with Crippen LogP contribution in [-0.4, -0.2) is 17.6 Å². The Morgan fingerprint density at radius 3 is 2.07 bits per heavy atom. The first-order valence-electron chi connectivity index (χ1n) is 10.6. The van der Waals surface area contributed by atoms with E-state index in [1.54, 1.807) is 0 Å². The molecule has 2 unspecified atom stereocenters. The van der Waals surface area contributed by atoms with E-state index in [9.17, 15) is 14.7 Å². The average molecular weight is 393 g/mol. The van der Waals surface area contributed by atoms with Crippen molar-refractivity contribution in [3.63, 3.8) is 0 Å². The molecule has 1 N–H and O–H groups in total. The standard InChI is InChI=1S/C25H31NO3/c1-24(2)11-18-22(19(27)12-24)16(15-8-6-5-7-9-15)10-17(26-18)23-20(28)13-25(3,4)14-21(23)29/h5-9,16-17,26,28H,10-14H2,1-4H3/p-1. The summed E-state index contributed by atoms with van der Waals surface area (Å²) in [6.45, 7) is 8.15. The lowest BCUT2D eigenvalue weighted by atomic mass is 9.67. The van der Waals surface area contributed by atoms with Crippen molar-refractivity contribution in [3.05, 3.63) is 58.5 Å². The molecule has 0 bridgehead atoms. The molecule has 2 aliphatic carbocycles. The summed E-state index contributed by atoms with van der Waals surface area (Å²) in [6.07, 6.45) is 2.67. The molecule has 1 aromatic rings. The van der Waals surface area contributed by atoms with Crippen molar-refractivity contribution >= 4 is 11.6 Å². The van der Waals surface area contributed by atoms with Crippen LogP contribution in [0.3, 0.4) is 0 Å². The summed E-state index contributed by atoms with van der Waals surface area (Å²) < 4.78 is 0. The van der Waals surface area contributed by atoms with Crippen LogP contribution in [0.15, 0.2) is 52.9 Å². The summed E-state index contributed by atoms with van der Waals surface area (Å²) in [5.41, 5.74) is 2.86. The minimum absolute atomic E-state index is 0.0407. The van der Waals surface area contributed by atoms with Crippen molar-refractivity contribution in [3.8, 4) is 0 Å². The van der Waals surface area contributed by atoms with E-state index in [1.165, 1.54) is 0 Å². The Morgan fingerprint density at radius 1 is 0.862 bits per heavy atom. The van der Waals surface area contributed by atoms with Gasteiger partial charge in [0.05, 0.1) is 6.04 Å². The van der Waals surface area contributed by atoms with Crippen LogP contribution in [0.25, 0.3) is 0 Å². The second-order valence-corrected chi connectivity index (χ2v) is 10.5. The van der Waals surface area contributed by atoms with Crippen LogP contribution in [0.1, 0.15) is 71.3 Å². The van der Waals surface area contributed by atoms with Crippen LogP contribution in [0, 0.1) is 10.8 Å². The first-order valence-corrected chi connectivity index (χ1v) is 10.6. The normalized spacial score (nSPS) is 28.8. The molecule has 4 rings (SSSR count). The molecule has 0 fully saturated rings. The zero-order chi connectivity index (χ0) is 21.0. The fraction of sp³-hybridized carbons (Fsp3) is 0.520. The van der Waals surface area contributed by atoms with Gasteiger partial charge in [0.2, 0.25) is 0 Å². The number of carbonyl (C=O) groups excluding carboxylic acids is 2. The van der Waals surface area contributed by atoms with Gasteiger partial charge in [0.1, 0.15) is 0 Å². The molecule has 3 aliphatic rings. The monoisotopic (exact) mass is 392 g/mol. The van der Waals surface area contributed by atoms with Gasteiger partial charge in [0.15, 0.2) is 11.6 Å². The minimum atomic E-state index is -0.322. The van der Waals surface area contributed by atoms with Gasteiger partial charge in [0, 0.05) is 35.6 Å². The van der Waals surface area contributed by atoms with E-state index < -0.39 is 0 Å². The van der Waals surface area contributed by atoms with Crippen molar-refractivity contribution in [2.24, 2.45) is 10.8 Å². The number of rotatable bonds is 2. The molecule has 0 aromatic heterocycles. The third-order valence-electron chi connectivity index (χ3n) is 6.52. The van der Waals surface area contributed by atoms with Gasteiger partial charge in [-0.3, -0.25) is 9.59 Å². The Labute approximate surface area is 173 Å². The van der Waals surface area contributed by atoms with Crippen LogP contribution in [-0.2, 0) is 9.59 Å². The van der Waals surface area contributed by atoms with Gasteiger partial charge < -0.3 is 10.4 Å². The van der Waals surface area contributed by atoms with Crippen molar-refractivity contribution < 1.29 is 14.7 Å². The zero-order valence-electron chi connectivity index (χ0n) is 17.8. The van der Waals surface area contributed by atoms with Crippen molar-refractivity contribution in [1.82, 2.24) is 5.32 Å². The molecule has 1 aromatic carbocycles. The third kappa shape index (κ3) is 3.77. The van der Waals surface area contributed by atoms with E-state index in [4.69, 9.17) is 0 Å². The van der Waals surface area contributed by atoms with E-state index in [2.05, 4.69) is 19.2 Å². The predicted octanol–water partition coefficient (Wildman–Crippen LogP) is 3.78. The second-order valence-electron chi connectivity index (χ2n) is 10.5. The Hall–Kier alpha value is -2.36. The molecule has 29 heavy (non-hydrogen) atoms. The molecule has 0 radical (unpaired) electrons. The molecule has 0 amide bonds. The fourth-order valence-corrected chi connectivity index (χ4v) is 5.34. The maximum atomic E-state index is 13.1. The van der Waals surface area contributed by atoms with Gasteiger partial charge in [0.25, 0.3) is 0 Å². The molecule has 1 heterocycles. The average Bonchev–Trinajstić information content (AvgIpc) is 2.58. The summed E-state index contributed by atoms with van der Waals surface area (Å²) >= 11 is 0. The van der Waals surface area contributed by atoms with E-state index in [-0.39, 0.29) is 40.1 Å². The first kappa shape index (κ1) is 19.9. The van der Waals surface area contributed by atoms with Gasteiger partial charge in [-0.05, 0) is 35.7 Å². The Morgan fingerprint density at radius 2 is 1.45 bits per heavy atom. The van der Waals surface area contributed by atoms with Crippen molar-refractivity contribution in [1.29, 1.82) is 0 Å². The lowest BCUT2D eigenvalue weighted by Crippen LogP contribution is -2.47. The van der Waals surface area contributed by atoms with Crippen molar-refractivity contribution in [2.45, 2.75) is 71.8 Å². The summed E-state index contributed by atoms with van der Waals surface area (Å²) in [4.78, 5) is 26.0. The second kappa shape index (κ2) is 6.86. The molecular formula is C25H30NO3-. The van der Waals surface area contributed by atoms with E-state index in [0.717, 1.165) is 23.3 Å². The number of benzene rings is 1. The summed E-state index contributed by atoms with van der Waals surface area (Å²) in [5, 5.41) is 16.4. The molecular weight excluding hydrogens is 362 g/mol. The lowest BCUT2D eigenvalue weighted by molar-refractivity contribution is -0.312. The number of Topliss-reactive ketones (excluding diaryl/α,β-unsaturated/α-hetero) is 2. The summed E-state index contributed by atoms with van der Waals surface area (Å²) in [7, 11) is 0. The quantitative estimate of drug-likeness (QED) is 0.832. The van der Waals surface area contributed by atoms with Crippen LogP contribution in [0.2, 0.25) is 0 Å². The van der Waals surface area contributed by atoms with Crippen LogP contribution in [0.4, 0.5) is 0 Å². The topological polar surface area (TPSA) is 69.2 Å². The molecule has 1 aliphatic heterocycles. The highest BCUT2D eigenvalue weighted by molar-refractivity contribution is 6.01. The molecule has 0 spiro atoms. The molecule has 0 saturated heterocycles. The fourth-order valence-electron chi connectivity index (χ4n) is 5.34. The lowest BCUT2D eigenvalue weighted by Gasteiger charge is -2.44. The van der Waals surface area contributed by atoms with Gasteiger partial charge in [-0.1, -0.05) is 58.0 Å². The third-order valence-corrected chi connectivity index (χ3v) is 6.52. The highest BCUT2D eigenvalue weighted by Crippen LogP contribution is 2.47. The zero-order valence-corrected chi connectivity index (χ0v) is 17.8. The van der Waals surface area contributed by atoms with E-state index in [0.29, 0.717) is 31.3 Å². The molecule has 4 heteroatoms. The first-order chi connectivity index (χ1) is 13.6. The van der Waals surface area contributed by atoms with Gasteiger partial charge in [-0.2, -0.15) is 0 Å². The summed E-state index contributed by atoms with van der Waals surface area (Å²) in [6, 6.07) is 9.70. The highest BCUT2D eigenvalue weighted by atomic mass is 16.3. The maximum absolute atomic E-state index is 13.1. The number of hydrogen-bond acceptors (Lipinski definition) is 4. The highest BCUT2D eigenvalue weighted by Gasteiger charge is 2.43. The Bertz CT molecular complexity index is 921. The number of ketones is 2.